The van der Waals surface area contributed by atoms with Crippen molar-refractivity contribution < 1.29 is 13.2 Å². The number of benzene rings is 1. The number of aryl methyl sites for hydroxylation is 1. The van der Waals surface area contributed by atoms with E-state index in [0.29, 0.717) is 12.2 Å². The van der Waals surface area contributed by atoms with E-state index in [4.69, 9.17) is 12.2 Å². The van der Waals surface area contributed by atoms with Gasteiger partial charge >= 0.3 is 0 Å². The molecule has 1 aromatic heterocycles. The molecule has 0 saturated heterocycles. The van der Waals surface area contributed by atoms with Crippen molar-refractivity contribution >= 4 is 12.2 Å². The van der Waals surface area contributed by atoms with Crippen LogP contribution in [0.4, 0.5) is 13.2 Å². The van der Waals surface area contributed by atoms with Crippen molar-refractivity contribution in [3.05, 3.63) is 40.2 Å². The SMILES string of the molecule is CCc1n[nH]c(=S)n1-c1cc(F)c(F)c(F)c1. The molecular formula is C10H8F3N3S. The van der Waals surface area contributed by atoms with Crippen molar-refractivity contribution in [1.29, 1.82) is 0 Å². The van der Waals surface area contributed by atoms with E-state index in [9.17, 15) is 13.2 Å². The van der Waals surface area contributed by atoms with Crippen LogP contribution in [0.5, 0.6) is 0 Å². The Morgan fingerprint density at radius 1 is 1.29 bits per heavy atom. The van der Waals surface area contributed by atoms with Crippen LogP contribution >= 0.6 is 12.2 Å². The fourth-order valence-corrected chi connectivity index (χ4v) is 1.76. The molecule has 3 nitrogen and oxygen atoms in total. The van der Waals surface area contributed by atoms with Gasteiger partial charge in [0.05, 0.1) is 5.69 Å². The van der Waals surface area contributed by atoms with E-state index in [-0.39, 0.29) is 10.5 Å². The number of hydrogen-bond acceptors (Lipinski definition) is 2. The van der Waals surface area contributed by atoms with Gasteiger partial charge in [-0.1, -0.05) is 6.92 Å². The Kier molecular flexibility index (Phi) is 3.01. The van der Waals surface area contributed by atoms with Gasteiger partial charge in [0, 0.05) is 18.6 Å². The molecule has 0 aliphatic rings. The van der Waals surface area contributed by atoms with Crippen LogP contribution in [0, 0.1) is 22.2 Å². The lowest BCUT2D eigenvalue weighted by Gasteiger charge is -2.06. The maximum Gasteiger partial charge on any atom is 0.199 e. The second-order valence-corrected chi connectivity index (χ2v) is 3.74. The summed E-state index contributed by atoms with van der Waals surface area (Å²) in [5.74, 6) is -3.50. The van der Waals surface area contributed by atoms with Crippen LogP contribution in [0.15, 0.2) is 12.1 Å². The third kappa shape index (κ3) is 1.97. The fraction of sp³-hybridized carbons (Fsp3) is 0.200. The van der Waals surface area contributed by atoms with Gasteiger partial charge in [-0.05, 0) is 12.2 Å². The molecule has 0 bridgehead atoms. The normalized spacial score (nSPS) is 10.8. The summed E-state index contributed by atoms with van der Waals surface area (Å²) in [7, 11) is 0. The van der Waals surface area contributed by atoms with E-state index in [1.165, 1.54) is 4.57 Å². The number of H-pyrrole nitrogens is 1. The minimum absolute atomic E-state index is 0.108. The van der Waals surface area contributed by atoms with Crippen molar-refractivity contribution in [1.82, 2.24) is 14.8 Å². The topological polar surface area (TPSA) is 33.6 Å². The highest BCUT2D eigenvalue weighted by atomic mass is 32.1. The highest BCUT2D eigenvalue weighted by molar-refractivity contribution is 7.71. The van der Waals surface area contributed by atoms with Gasteiger partial charge in [0.25, 0.3) is 0 Å². The summed E-state index contributed by atoms with van der Waals surface area (Å²) in [4.78, 5) is 0. The van der Waals surface area contributed by atoms with Crippen LogP contribution in [0.2, 0.25) is 0 Å². The third-order valence-corrected chi connectivity index (χ3v) is 2.56. The number of nitrogens with one attached hydrogen (secondary N) is 1. The molecule has 1 N–H and O–H groups in total. The quantitative estimate of drug-likeness (QED) is 0.664. The van der Waals surface area contributed by atoms with E-state index in [1.54, 1.807) is 0 Å². The lowest BCUT2D eigenvalue weighted by Crippen LogP contribution is -2.03. The zero-order valence-corrected chi connectivity index (χ0v) is 9.61. The number of aromatic amines is 1. The first kappa shape index (κ1) is 11.8. The Hall–Kier alpha value is -1.63. The highest BCUT2D eigenvalue weighted by Gasteiger charge is 2.14. The smallest absolute Gasteiger partial charge is 0.199 e. The minimum atomic E-state index is -1.50. The van der Waals surface area contributed by atoms with Gasteiger partial charge < -0.3 is 0 Å². The van der Waals surface area contributed by atoms with Gasteiger partial charge in [0.1, 0.15) is 5.82 Å². The zero-order chi connectivity index (χ0) is 12.6. The number of nitrogens with zero attached hydrogens (tertiary/aromatic N) is 2. The second-order valence-electron chi connectivity index (χ2n) is 3.36. The molecule has 0 aliphatic heterocycles. The van der Waals surface area contributed by atoms with E-state index < -0.39 is 17.5 Å². The average Bonchev–Trinajstić information content (AvgIpc) is 2.66. The van der Waals surface area contributed by atoms with E-state index >= 15 is 0 Å². The van der Waals surface area contributed by atoms with Crippen LogP contribution in [-0.2, 0) is 6.42 Å². The monoisotopic (exact) mass is 259 g/mol. The molecule has 0 amide bonds. The summed E-state index contributed by atoms with van der Waals surface area (Å²) >= 11 is 4.95. The number of aromatic nitrogens is 3. The Morgan fingerprint density at radius 3 is 2.41 bits per heavy atom. The molecule has 0 fully saturated rings. The molecule has 0 spiro atoms. The van der Waals surface area contributed by atoms with Gasteiger partial charge in [0.15, 0.2) is 22.2 Å². The Labute approximate surface area is 99.9 Å². The Balaban J connectivity index is 2.69. The maximum absolute atomic E-state index is 13.1. The second kappa shape index (κ2) is 4.33. The molecule has 2 aromatic rings. The third-order valence-electron chi connectivity index (χ3n) is 2.28. The Morgan fingerprint density at radius 2 is 1.88 bits per heavy atom. The number of halogens is 3. The molecular weight excluding hydrogens is 251 g/mol. The molecule has 0 radical (unpaired) electrons. The van der Waals surface area contributed by atoms with Crippen LogP contribution in [0.1, 0.15) is 12.7 Å². The summed E-state index contributed by atoms with van der Waals surface area (Å²) < 4.78 is 40.6. The molecule has 0 aliphatic carbocycles. The van der Waals surface area contributed by atoms with Gasteiger partial charge in [-0.15, -0.1) is 0 Å². The lowest BCUT2D eigenvalue weighted by molar-refractivity contribution is 0.446. The van der Waals surface area contributed by atoms with Gasteiger partial charge in [0.2, 0.25) is 0 Å². The molecule has 2 rings (SSSR count). The molecule has 0 unspecified atom stereocenters. The summed E-state index contributed by atoms with van der Waals surface area (Å²) in [5, 5.41) is 6.42. The van der Waals surface area contributed by atoms with Crippen molar-refractivity contribution in [2.45, 2.75) is 13.3 Å². The summed E-state index contributed by atoms with van der Waals surface area (Å²) in [6, 6.07) is 1.76. The first-order valence-corrected chi connectivity index (χ1v) is 5.26. The first-order valence-electron chi connectivity index (χ1n) is 4.85. The predicted octanol–water partition coefficient (Wildman–Crippen LogP) is 2.91. The van der Waals surface area contributed by atoms with Crippen molar-refractivity contribution in [3.63, 3.8) is 0 Å². The lowest BCUT2D eigenvalue weighted by atomic mass is 10.2. The van der Waals surface area contributed by atoms with Crippen LogP contribution in [0.25, 0.3) is 5.69 Å². The molecule has 1 aromatic carbocycles. The van der Waals surface area contributed by atoms with E-state index in [2.05, 4.69) is 10.2 Å². The molecule has 0 atom stereocenters. The Bertz CT molecular complexity index is 594. The molecule has 0 saturated carbocycles. The largest absolute Gasteiger partial charge is 0.272 e. The molecule has 7 heteroatoms. The van der Waals surface area contributed by atoms with Gasteiger partial charge in [-0.3, -0.25) is 9.67 Å². The fourth-order valence-electron chi connectivity index (χ4n) is 1.50. The predicted molar refractivity (Wildman–Crippen MR) is 58.0 cm³/mol. The average molecular weight is 259 g/mol. The first-order chi connectivity index (χ1) is 8.04. The molecule has 17 heavy (non-hydrogen) atoms. The van der Waals surface area contributed by atoms with Crippen LogP contribution in [0.3, 0.4) is 0 Å². The maximum atomic E-state index is 13.1. The zero-order valence-electron chi connectivity index (χ0n) is 8.80. The van der Waals surface area contributed by atoms with Crippen molar-refractivity contribution in [3.8, 4) is 5.69 Å². The number of hydrogen-bond donors (Lipinski definition) is 1. The van der Waals surface area contributed by atoms with Gasteiger partial charge in [-0.2, -0.15) is 5.10 Å². The van der Waals surface area contributed by atoms with Gasteiger partial charge in [-0.25, -0.2) is 13.2 Å². The van der Waals surface area contributed by atoms with Crippen LogP contribution < -0.4 is 0 Å². The minimum Gasteiger partial charge on any atom is -0.272 e. The number of rotatable bonds is 2. The highest BCUT2D eigenvalue weighted by Crippen LogP contribution is 2.18. The molecule has 90 valence electrons. The van der Waals surface area contributed by atoms with Crippen LogP contribution in [-0.4, -0.2) is 14.8 Å². The van der Waals surface area contributed by atoms with E-state index in [0.717, 1.165) is 12.1 Å². The van der Waals surface area contributed by atoms with Crippen molar-refractivity contribution in [2.24, 2.45) is 0 Å². The summed E-state index contributed by atoms with van der Waals surface area (Å²) in [6.07, 6.45) is 0.522. The van der Waals surface area contributed by atoms with E-state index in [1.807, 2.05) is 6.92 Å². The summed E-state index contributed by atoms with van der Waals surface area (Å²) in [5.41, 5.74) is 0.108. The molecule has 1 heterocycles. The standard InChI is InChI=1S/C10H8F3N3S/c1-2-8-14-15-10(17)16(8)5-3-6(11)9(13)7(12)4-5/h3-4H,2H2,1H3,(H,15,17). The summed E-state index contributed by atoms with van der Waals surface area (Å²) in [6.45, 7) is 1.82. The van der Waals surface area contributed by atoms with Crippen molar-refractivity contribution in [2.75, 3.05) is 0 Å².